The van der Waals surface area contributed by atoms with Crippen LogP contribution in [0, 0.1) is 0 Å². The largest absolute Gasteiger partial charge is 0.450 e. The molecule has 4 nitrogen and oxygen atoms in total. The van der Waals surface area contributed by atoms with Gasteiger partial charge in [0.2, 0.25) is 5.91 Å². The van der Waals surface area contributed by atoms with Crippen molar-refractivity contribution >= 4 is 22.6 Å². The predicted molar refractivity (Wildman–Crippen MR) is 86.6 cm³/mol. The van der Waals surface area contributed by atoms with Crippen molar-refractivity contribution in [2.45, 2.75) is 31.8 Å². The fraction of sp³-hybridized carbons (Fsp3) is 0.263. The summed E-state index contributed by atoms with van der Waals surface area (Å²) in [6, 6.07) is 14.0. The lowest BCUT2D eigenvalue weighted by molar-refractivity contribution is -0.144. The monoisotopic (exact) mass is 307 g/mol. The Morgan fingerprint density at radius 3 is 2.65 bits per heavy atom. The average molecular weight is 307 g/mol. The highest BCUT2D eigenvalue weighted by Crippen LogP contribution is 2.44. The van der Waals surface area contributed by atoms with Crippen LogP contribution in [-0.4, -0.2) is 17.5 Å². The number of amides is 1. The van der Waals surface area contributed by atoms with E-state index in [-0.39, 0.29) is 24.2 Å². The van der Waals surface area contributed by atoms with Crippen LogP contribution in [0.4, 0.5) is 0 Å². The van der Waals surface area contributed by atoms with E-state index < -0.39 is 5.60 Å². The van der Waals surface area contributed by atoms with Crippen LogP contribution in [-0.2, 0) is 14.3 Å². The van der Waals surface area contributed by atoms with E-state index in [2.05, 4.69) is 5.32 Å². The molecule has 0 radical (unpaired) electrons. The minimum atomic E-state index is -0.786. The lowest BCUT2D eigenvalue weighted by Gasteiger charge is -2.27. The smallest absolute Gasteiger partial charge is 0.337 e. The van der Waals surface area contributed by atoms with Crippen molar-refractivity contribution in [1.82, 2.24) is 5.32 Å². The summed E-state index contributed by atoms with van der Waals surface area (Å²) in [4.78, 5) is 24.6. The second-order valence-corrected chi connectivity index (χ2v) is 6.56. The van der Waals surface area contributed by atoms with Crippen LogP contribution in [0.25, 0.3) is 10.8 Å². The number of carbonyl (C=O) groups is 2. The van der Waals surface area contributed by atoms with Gasteiger partial charge in [0, 0.05) is 12.3 Å². The first-order chi connectivity index (χ1) is 11.0. The third-order valence-corrected chi connectivity index (χ3v) is 4.64. The summed E-state index contributed by atoms with van der Waals surface area (Å²) >= 11 is 0. The first kappa shape index (κ1) is 14.0. The van der Waals surface area contributed by atoms with Gasteiger partial charge in [0.25, 0.3) is 0 Å². The van der Waals surface area contributed by atoms with Crippen LogP contribution < -0.4 is 5.32 Å². The van der Waals surface area contributed by atoms with Crippen molar-refractivity contribution in [3.8, 4) is 0 Å². The highest BCUT2D eigenvalue weighted by molar-refractivity contribution is 6.00. The molecule has 0 unspecified atom stereocenters. The van der Waals surface area contributed by atoms with Crippen LogP contribution in [0.2, 0.25) is 0 Å². The van der Waals surface area contributed by atoms with Gasteiger partial charge in [-0.1, -0.05) is 42.5 Å². The normalized spacial score (nSPS) is 22.8. The minimum Gasteiger partial charge on any atom is -0.450 e. The summed E-state index contributed by atoms with van der Waals surface area (Å²) < 4.78 is 5.48. The third-order valence-electron chi connectivity index (χ3n) is 4.64. The Morgan fingerprint density at radius 1 is 1.09 bits per heavy atom. The average Bonchev–Trinajstić information content (AvgIpc) is 2.75. The molecule has 0 spiro atoms. The number of ether oxygens (including phenoxy) is 1. The molecule has 2 heterocycles. The molecular weight excluding hydrogens is 290 g/mol. The molecule has 2 aliphatic rings. The first-order valence-corrected chi connectivity index (χ1v) is 7.73. The molecule has 2 aliphatic heterocycles. The van der Waals surface area contributed by atoms with Gasteiger partial charge in [-0.25, -0.2) is 4.79 Å². The molecule has 0 saturated heterocycles. The number of fused-ring (bicyclic) bond motifs is 1. The fourth-order valence-electron chi connectivity index (χ4n) is 3.60. The molecular formula is C19H17NO3. The molecule has 1 N–H and O–H groups in total. The molecule has 23 heavy (non-hydrogen) atoms. The minimum absolute atomic E-state index is 0.0759. The molecule has 1 atom stereocenters. The Hall–Kier alpha value is -2.62. The number of hydrogen-bond acceptors (Lipinski definition) is 3. The second kappa shape index (κ2) is 4.69. The molecule has 2 aromatic carbocycles. The number of benzene rings is 2. The highest BCUT2D eigenvalue weighted by Gasteiger charge is 2.47. The summed E-state index contributed by atoms with van der Waals surface area (Å²) in [6.45, 7) is 3.61. The Labute approximate surface area is 134 Å². The standard InChI is InChI=1S/C19H17NO3/c1-19(2)17-16(18(22)23-19)14(10-15(21)20-17)13-9-5-7-11-6-3-4-8-12(11)13/h3-9,14H,10H2,1-2H3,(H,20,21)/t14-/m1/s1. The van der Waals surface area contributed by atoms with E-state index in [1.807, 2.05) is 42.5 Å². The maximum atomic E-state index is 12.4. The van der Waals surface area contributed by atoms with Crippen LogP contribution in [0.3, 0.4) is 0 Å². The van der Waals surface area contributed by atoms with Gasteiger partial charge >= 0.3 is 5.97 Å². The quantitative estimate of drug-likeness (QED) is 0.824. The van der Waals surface area contributed by atoms with E-state index in [1.165, 1.54) is 0 Å². The number of cyclic esters (lactones) is 1. The molecule has 0 bridgehead atoms. The zero-order valence-electron chi connectivity index (χ0n) is 13.1. The van der Waals surface area contributed by atoms with E-state index in [0.29, 0.717) is 11.3 Å². The number of hydrogen-bond donors (Lipinski definition) is 1. The van der Waals surface area contributed by atoms with Crippen molar-refractivity contribution in [2.24, 2.45) is 0 Å². The van der Waals surface area contributed by atoms with E-state index in [9.17, 15) is 9.59 Å². The summed E-state index contributed by atoms with van der Waals surface area (Å²) in [6.07, 6.45) is 0.262. The number of rotatable bonds is 1. The van der Waals surface area contributed by atoms with Crippen LogP contribution >= 0.6 is 0 Å². The van der Waals surface area contributed by atoms with Gasteiger partial charge in [-0.3, -0.25) is 4.79 Å². The van der Waals surface area contributed by atoms with Gasteiger partial charge in [-0.05, 0) is 30.2 Å². The van der Waals surface area contributed by atoms with E-state index in [1.54, 1.807) is 13.8 Å². The lowest BCUT2D eigenvalue weighted by Crippen LogP contribution is -2.38. The Balaban J connectivity index is 1.95. The number of esters is 1. The van der Waals surface area contributed by atoms with Gasteiger partial charge in [-0.2, -0.15) is 0 Å². The molecule has 4 rings (SSSR count). The lowest BCUT2D eigenvalue weighted by atomic mass is 9.81. The van der Waals surface area contributed by atoms with Crippen LogP contribution in [0.1, 0.15) is 31.7 Å². The maximum Gasteiger partial charge on any atom is 0.337 e. The molecule has 1 amide bonds. The van der Waals surface area contributed by atoms with Gasteiger partial charge in [-0.15, -0.1) is 0 Å². The SMILES string of the molecule is CC1(C)OC(=O)C2=C1NC(=O)C[C@@H]2c1cccc2ccccc12. The summed E-state index contributed by atoms with van der Waals surface area (Å²) in [5, 5.41) is 5.01. The highest BCUT2D eigenvalue weighted by atomic mass is 16.6. The molecule has 0 aromatic heterocycles. The van der Waals surface area contributed by atoms with Gasteiger partial charge in [0.05, 0.1) is 11.3 Å². The third kappa shape index (κ3) is 2.05. The Kier molecular flexibility index (Phi) is 2.85. The van der Waals surface area contributed by atoms with Crippen molar-refractivity contribution in [2.75, 3.05) is 0 Å². The van der Waals surface area contributed by atoms with Crippen LogP contribution in [0.5, 0.6) is 0 Å². The summed E-state index contributed by atoms with van der Waals surface area (Å²) in [7, 11) is 0. The van der Waals surface area contributed by atoms with Crippen molar-refractivity contribution in [1.29, 1.82) is 0 Å². The van der Waals surface area contributed by atoms with Crippen LogP contribution in [0.15, 0.2) is 53.7 Å². The molecule has 0 fully saturated rings. The first-order valence-electron chi connectivity index (χ1n) is 7.73. The van der Waals surface area contributed by atoms with Gasteiger partial charge in [0.1, 0.15) is 5.60 Å². The van der Waals surface area contributed by atoms with E-state index >= 15 is 0 Å². The fourth-order valence-corrected chi connectivity index (χ4v) is 3.60. The Bertz CT molecular complexity index is 874. The topological polar surface area (TPSA) is 55.4 Å². The maximum absolute atomic E-state index is 12.4. The molecule has 2 aromatic rings. The van der Waals surface area contributed by atoms with Gasteiger partial charge in [0.15, 0.2) is 0 Å². The predicted octanol–water partition coefficient (Wildman–Crippen LogP) is 3.03. The van der Waals surface area contributed by atoms with E-state index in [0.717, 1.165) is 16.3 Å². The zero-order chi connectivity index (χ0) is 16.2. The molecule has 4 heteroatoms. The Morgan fingerprint density at radius 2 is 1.83 bits per heavy atom. The molecule has 116 valence electrons. The van der Waals surface area contributed by atoms with E-state index in [4.69, 9.17) is 4.74 Å². The van der Waals surface area contributed by atoms with Gasteiger partial charge < -0.3 is 10.1 Å². The number of nitrogens with one attached hydrogen (secondary N) is 1. The van der Waals surface area contributed by atoms with Crippen molar-refractivity contribution in [3.05, 3.63) is 59.3 Å². The summed E-state index contributed by atoms with van der Waals surface area (Å²) in [5.41, 5.74) is 1.41. The molecule has 0 aliphatic carbocycles. The van der Waals surface area contributed by atoms with Crippen molar-refractivity contribution in [3.63, 3.8) is 0 Å². The summed E-state index contributed by atoms with van der Waals surface area (Å²) in [5.74, 6) is -0.671. The zero-order valence-corrected chi connectivity index (χ0v) is 13.1. The molecule has 0 saturated carbocycles. The van der Waals surface area contributed by atoms with Crippen molar-refractivity contribution < 1.29 is 14.3 Å². The number of carbonyl (C=O) groups excluding carboxylic acids is 2. The second-order valence-electron chi connectivity index (χ2n) is 6.56.